The highest BCUT2D eigenvalue weighted by molar-refractivity contribution is 6.22. The molecule has 1 aromatic carbocycles. The van der Waals surface area contributed by atoms with Gasteiger partial charge in [-0.3, -0.25) is 9.59 Å². The molecule has 0 saturated heterocycles. The third-order valence-electron chi connectivity index (χ3n) is 4.43. The minimum Gasteiger partial charge on any atom is -0.459 e. The predicted octanol–water partition coefficient (Wildman–Crippen LogP) is 1.89. The molecule has 0 saturated carbocycles. The zero-order chi connectivity index (χ0) is 19.2. The van der Waals surface area contributed by atoms with E-state index in [-0.39, 0.29) is 22.8 Å². The van der Waals surface area contributed by atoms with Crippen LogP contribution in [0.1, 0.15) is 33.3 Å². The summed E-state index contributed by atoms with van der Waals surface area (Å²) in [7, 11) is 0. The summed E-state index contributed by atoms with van der Waals surface area (Å²) in [5.41, 5.74) is 5.19. The van der Waals surface area contributed by atoms with Crippen LogP contribution < -0.4 is 11.1 Å². The second kappa shape index (κ2) is 6.01. The molecule has 0 aliphatic carbocycles. The number of anilines is 1. The number of nitrogens with one attached hydrogen (secondary N) is 1. The summed E-state index contributed by atoms with van der Waals surface area (Å²) in [4.78, 5) is 38.5. The smallest absolute Gasteiger partial charge is 0.341 e. The van der Waals surface area contributed by atoms with Gasteiger partial charge in [-0.15, -0.1) is 0 Å². The Kier molecular flexibility index (Phi) is 4.10. The summed E-state index contributed by atoms with van der Waals surface area (Å²) in [5, 5.41) is 2.74. The average molecular weight is 356 g/mol. The highest BCUT2D eigenvalue weighted by Gasteiger charge is 2.60. The Balaban J connectivity index is 2.38. The minimum atomic E-state index is -1.69. The first-order valence-electron chi connectivity index (χ1n) is 8.23. The summed E-state index contributed by atoms with van der Waals surface area (Å²) in [5.74, 6) is -1.79. The number of Topliss-reactive ketones (excluding diaryl/α,β-unsaturated/α-hetero) is 1. The fraction of sp³-hybridized carbons (Fsp3) is 0.316. The maximum absolute atomic E-state index is 13.2. The van der Waals surface area contributed by atoms with E-state index in [9.17, 15) is 14.4 Å². The van der Waals surface area contributed by atoms with Gasteiger partial charge in [0, 0.05) is 11.3 Å². The lowest BCUT2D eigenvalue weighted by molar-refractivity contribution is -0.144. The second-order valence-electron chi connectivity index (χ2n) is 6.53. The van der Waals surface area contributed by atoms with Crippen molar-refractivity contribution in [1.29, 1.82) is 0 Å². The number of hydrogen-bond donors (Lipinski definition) is 2. The molecule has 136 valence electrons. The van der Waals surface area contributed by atoms with E-state index in [4.69, 9.17) is 15.2 Å². The molecule has 7 heteroatoms. The molecule has 0 aromatic heterocycles. The molecule has 3 N–H and O–H groups in total. The van der Waals surface area contributed by atoms with E-state index in [1.54, 1.807) is 45.0 Å². The van der Waals surface area contributed by atoms with Crippen molar-refractivity contribution >= 4 is 23.3 Å². The Morgan fingerprint density at radius 2 is 1.88 bits per heavy atom. The van der Waals surface area contributed by atoms with Gasteiger partial charge in [-0.05, 0) is 33.8 Å². The first-order chi connectivity index (χ1) is 12.2. The molecule has 7 nitrogen and oxygen atoms in total. The monoisotopic (exact) mass is 356 g/mol. The number of fused-ring (bicyclic) bond motifs is 2. The van der Waals surface area contributed by atoms with Crippen molar-refractivity contribution in [2.45, 2.75) is 39.2 Å². The molecule has 1 amide bonds. The first kappa shape index (κ1) is 17.7. The van der Waals surface area contributed by atoms with Gasteiger partial charge >= 0.3 is 5.97 Å². The van der Waals surface area contributed by atoms with E-state index >= 15 is 0 Å². The molecule has 0 radical (unpaired) electrons. The van der Waals surface area contributed by atoms with Crippen molar-refractivity contribution in [2.75, 3.05) is 5.32 Å². The van der Waals surface area contributed by atoms with Crippen LogP contribution in [0.2, 0.25) is 0 Å². The molecule has 0 fully saturated rings. The van der Waals surface area contributed by atoms with Crippen molar-refractivity contribution < 1.29 is 23.9 Å². The van der Waals surface area contributed by atoms with Gasteiger partial charge in [0.2, 0.25) is 11.8 Å². The molecule has 2 aliphatic heterocycles. The summed E-state index contributed by atoms with van der Waals surface area (Å²) in [6.45, 7) is 6.23. The van der Waals surface area contributed by atoms with E-state index in [0.29, 0.717) is 11.3 Å². The van der Waals surface area contributed by atoms with Crippen LogP contribution in [0.25, 0.3) is 0 Å². The van der Waals surface area contributed by atoms with Gasteiger partial charge in [-0.2, -0.15) is 0 Å². The van der Waals surface area contributed by atoms with E-state index in [2.05, 4.69) is 5.32 Å². The standard InChI is InChI=1S/C19H20N2O5/c1-9(2)25-17(23)15-16(20)26-11(4)14(10(3)22)19(15)12-7-5-6-8-13(12)21-18(19)24/h5-9H,20H2,1-4H3,(H,21,24). The molecule has 1 aromatic rings. The topological polar surface area (TPSA) is 108 Å². The number of esters is 1. The summed E-state index contributed by atoms with van der Waals surface area (Å²) in [6.07, 6.45) is -0.438. The van der Waals surface area contributed by atoms with Crippen molar-refractivity contribution in [3.05, 3.63) is 52.6 Å². The predicted molar refractivity (Wildman–Crippen MR) is 93.7 cm³/mol. The number of rotatable bonds is 3. The molecular formula is C19H20N2O5. The van der Waals surface area contributed by atoms with Gasteiger partial charge in [-0.1, -0.05) is 18.2 Å². The third-order valence-corrected chi connectivity index (χ3v) is 4.43. The van der Waals surface area contributed by atoms with E-state index in [1.807, 2.05) is 0 Å². The Morgan fingerprint density at radius 1 is 1.23 bits per heavy atom. The number of hydrogen-bond acceptors (Lipinski definition) is 6. The molecule has 0 bridgehead atoms. The number of nitrogens with two attached hydrogens (primary N) is 1. The Hall–Kier alpha value is -3.09. The fourth-order valence-electron chi connectivity index (χ4n) is 3.63. The van der Waals surface area contributed by atoms with Gasteiger partial charge in [0.15, 0.2) is 5.78 Å². The lowest BCUT2D eigenvalue weighted by Crippen LogP contribution is -2.48. The third kappa shape index (κ3) is 2.31. The van der Waals surface area contributed by atoms with Crippen LogP contribution in [0.4, 0.5) is 5.69 Å². The summed E-state index contributed by atoms with van der Waals surface area (Å²) >= 11 is 0. The van der Waals surface area contributed by atoms with Crippen LogP contribution in [0.5, 0.6) is 0 Å². The number of carbonyl (C=O) groups is 3. The van der Waals surface area contributed by atoms with Crippen molar-refractivity contribution in [2.24, 2.45) is 5.73 Å². The fourth-order valence-corrected chi connectivity index (χ4v) is 3.63. The van der Waals surface area contributed by atoms with E-state index in [1.165, 1.54) is 6.92 Å². The second-order valence-corrected chi connectivity index (χ2v) is 6.53. The quantitative estimate of drug-likeness (QED) is 0.801. The van der Waals surface area contributed by atoms with Crippen LogP contribution in [-0.2, 0) is 29.3 Å². The van der Waals surface area contributed by atoms with Crippen LogP contribution in [0.3, 0.4) is 0 Å². The number of para-hydroxylation sites is 1. The molecule has 1 spiro atoms. The number of allylic oxidation sites excluding steroid dienone is 1. The average Bonchev–Trinajstić information content (AvgIpc) is 2.79. The van der Waals surface area contributed by atoms with Gasteiger partial charge in [0.1, 0.15) is 16.7 Å². The SMILES string of the molecule is CC(=O)C1=C(C)OC(N)=C(C(=O)OC(C)C)C12C(=O)Nc1ccccc12. The van der Waals surface area contributed by atoms with Crippen molar-refractivity contribution in [3.8, 4) is 0 Å². The lowest BCUT2D eigenvalue weighted by Gasteiger charge is -2.35. The molecule has 3 rings (SSSR count). The lowest BCUT2D eigenvalue weighted by atomic mass is 9.66. The zero-order valence-corrected chi connectivity index (χ0v) is 15.0. The van der Waals surface area contributed by atoms with Crippen LogP contribution >= 0.6 is 0 Å². The Morgan fingerprint density at radius 3 is 2.50 bits per heavy atom. The highest BCUT2D eigenvalue weighted by Crippen LogP contribution is 2.52. The van der Waals surface area contributed by atoms with Gasteiger partial charge in [-0.25, -0.2) is 4.79 Å². The van der Waals surface area contributed by atoms with Crippen LogP contribution in [-0.4, -0.2) is 23.8 Å². The van der Waals surface area contributed by atoms with E-state index in [0.717, 1.165) is 0 Å². The Labute approximate surface area is 150 Å². The number of ether oxygens (including phenoxy) is 2. The number of ketones is 1. The number of amides is 1. The maximum Gasteiger partial charge on any atom is 0.341 e. The van der Waals surface area contributed by atoms with Gasteiger partial charge in [0.25, 0.3) is 0 Å². The normalized spacial score (nSPS) is 21.7. The van der Waals surface area contributed by atoms with Gasteiger partial charge in [0.05, 0.1) is 11.7 Å². The zero-order valence-electron chi connectivity index (χ0n) is 15.0. The largest absolute Gasteiger partial charge is 0.459 e. The first-order valence-corrected chi connectivity index (χ1v) is 8.23. The molecule has 26 heavy (non-hydrogen) atoms. The molecule has 2 heterocycles. The van der Waals surface area contributed by atoms with Gasteiger partial charge < -0.3 is 20.5 Å². The van der Waals surface area contributed by atoms with E-state index < -0.39 is 29.2 Å². The van der Waals surface area contributed by atoms with Crippen LogP contribution in [0, 0.1) is 0 Å². The molecule has 1 atom stereocenters. The number of carbonyl (C=O) groups excluding carboxylic acids is 3. The molecular weight excluding hydrogens is 336 g/mol. The highest BCUT2D eigenvalue weighted by atomic mass is 16.5. The minimum absolute atomic E-state index is 0.0739. The number of benzene rings is 1. The molecule has 1 unspecified atom stereocenters. The maximum atomic E-state index is 13.2. The van der Waals surface area contributed by atoms with Crippen LogP contribution in [0.15, 0.2) is 47.1 Å². The Bertz CT molecular complexity index is 897. The van der Waals surface area contributed by atoms with Crippen molar-refractivity contribution in [1.82, 2.24) is 0 Å². The summed E-state index contributed by atoms with van der Waals surface area (Å²) < 4.78 is 10.8. The molecule has 2 aliphatic rings. The van der Waals surface area contributed by atoms with Crippen molar-refractivity contribution in [3.63, 3.8) is 0 Å². The summed E-state index contributed by atoms with van der Waals surface area (Å²) in [6, 6.07) is 6.86.